The number of amides is 1. The van der Waals surface area contributed by atoms with Gasteiger partial charge in [0.05, 0.1) is 0 Å². The molecule has 0 atom stereocenters. The van der Waals surface area contributed by atoms with E-state index in [1.54, 1.807) is 0 Å². The molecule has 0 aromatic heterocycles. The molecule has 0 bridgehead atoms. The first-order valence-electron chi connectivity index (χ1n) is 6.68. The third-order valence-corrected chi connectivity index (χ3v) is 3.70. The van der Waals surface area contributed by atoms with Gasteiger partial charge in [-0.15, -0.1) is 0 Å². The third kappa shape index (κ3) is 3.57. The van der Waals surface area contributed by atoms with Crippen molar-refractivity contribution < 1.29 is 4.79 Å². The number of rotatable bonds is 5. The number of hydrogen-bond donors (Lipinski definition) is 1. The smallest absolute Gasteiger partial charge is 0.222 e. The van der Waals surface area contributed by atoms with E-state index in [1.165, 1.54) is 5.56 Å². The van der Waals surface area contributed by atoms with Crippen LogP contribution in [0.3, 0.4) is 0 Å². The predicted molar refractivity (Wildman–Crippen MR) is 73.1 cm³/mol. The molecule has 2 rings (SSSR count). The van der Waals surface area contributed by atoms with Gasteiger partial charge < -0.3 is 10.6 Å². The van der Waals surface area contributed by atoms with Crippen molar-refractivity contribution in [2.45, 2.75) is 31.7 Å². The molecule has 1 aromatic rings. The summed E-state index contributed by atoms with van der Waals surface area (Å²) in [5, 5.41) is 0. The quantitative estimate of drug-likeness (QED) is 0.861. The Morgan fingerprint density at radius 2 is 2.00 bits per heavy atom. The molecule has 0 spiro atoms. The zero-order chi connectivity index (χ0) is 13.0. The Kier molecular flexibility index (Phi) is 4.37. The van der Waals surface area contributed by atoms with Crippen LogP contribution in [0.25, 0.3) is 0 Å². The van der Waals surface area contributed by atoms with Gasteiger partial charge in [-0.2, -0.15) is 0 Å². The second-order valence-electron chi connectivity index (χ2n) is 5.36. The SMILES string of the molecule is CN(CC1CC(N)C1)C(=O)CCc1ccccc1. The van der Waals surface area contributed by atoms with Crippen molar-refractivity contribution in [3.05, 3.63) is 35.9 Å². The molecule has 0 aliphatic heterocycles. The summed E-state index contributed by atoms with van der Waals surface area (Å²) in [6, 6.07) is 10.5. The summed E-state index contributed by atoms with van der Waals surface area (Å²) < 4.78 is 0. The minimum absolute atomic E-state index is 0.235. The molecule has 1 aliphatic rings. The Labute approximate surface area is 109 Å². The molecule has 18 heavy (non-hydrogen) atoms. The highest BCUT2D eigenvalue weighted by atomic mass is 16.2. The molecule has 98 valence electrons. The molecular formula is C15H22N2O. The van der Waals surface area contributed by atoms with E-state index < -0.39 is 0 Å². The van der Waals surface area contributed by atoms with Gasteiger partial charge in [-0.1, -0.05) is 30.3 Å². The van der Waals surface area contributed by atoms with Crippen LogP contribution in [0.1, 0.15) is 24.8 Å². The minimum atomic E-state index is 0.235. The number of aryl methyl sites for hydroxylation is 1. The third-order valence-electron chi connectivity index (χ3n) is 3.70. The summed E-state index contributed by atoms with van der Waals surface area (Å²) in [5.41, 5.74) is 6.98. The van der Waals surface area contributed by atoms with Crippen molar-refractivity contribution in [1.82, 2.24) is 4.90 Å². The van der Waals surface area contributed by atoms with E-state index in [0.717, 1.165) is 25.8 Å². The van der Waals surface area contributed by atoms with Gasteiger partial charge in [0.2, 0.25) is 5.91 Å². The van der Waals surface area contributed by atoms with E-state index in [2.05, 4.69) is 12.1 Å². The van der Waals surface area contributed by atoms with Crippen molar-refractivity contribution in [2.75, 3.05) is 13.6 Å². The first kappa shape index (κ1) is 13.1. The summed E-state index contributed by atoms with van der Waals surface area (Å²) in [7, 11) is 1.90. The van der Waals surface area contributed by atoms with E-state index in [1.807, 2.05) is 30.1 Å². The second-order valence-corrected chi connectivity index (χ2v) is 5.36. The standard InChI is InChI=1S/C15H22N2O/c1-17(11-13-9-14(16)10-13)15(18)8-7-12-5-3-2-4-6-12/h2-6,13-14H,7-11,16H2,1H3. The van der Waals surface area contributed by atoms with Crippen molar-refractivity contribution in [3.8, 4) is 0 Å². The molecule has 1 aliphatic carbocycles. The summed E-state index contributed by atoms with van der Waals surface area (Å²) in [6.07, 6.45) is 3.56. The lowest BCUT2D eigenvalue weighted by Crippen LogP contribution is -2.43. The second kappa shape index (κ2) is 6.01. The number of nitrogens with zero attached hydrogens (tertiary/aromatic N) is 1. The number of hydrogen-bond acceptors (Lipinski definition) is 2. The molecule has 1 saturated carbocycles. The van der Waals surface area contributed by atoms with Crippen LogP contribution in [-0.2, 0) is 11.2 Å². The maximum Gasteiger partial charge on any atom is 0.222 e. The van der Waals surface area contributed by atoms with Crippen LogP contribution in [-0.4, -0.2) is 30.4 Å². The topological polar surface area (TPSA) is 46.3 Å². The van der Waals surface area contributed by atoms with Gasteiger partial charge in [0.15, 0.2) is 0 Å². The Bertz CT molecular complexity index is 385. The van der Waals surface area contributed by atoms with E-state index in [0.29, 0.717) is 18.4 Å². The van der Waals surface area contributed by atoms with Gasteiger partial charge >= 0.3 is 0 Å². The number of benzene rings is 1. The van der Waals surface area contributed by atoms with Crippen molar-refractivity contribution in [3.63, 3.8) is 0 Å². The zero-order valence-electron chi connectivity index (χ0n) is 11.0. The fourth-order valence-corrected chi connectivity index (χ4v) is 2.51. The predicted octanol–water partition coefficient (Wildman–Crippen LogP) is 1.81. The van der Waals surface area contributed by atoms with E-state index in [9.17, 15) is 4.79 Å². The normalized spacial score (nSPS) is 22.3. The van der Waals surface area contributed by atoms with Gasteiger partial charge in [0, 0.05) is 26.1 Å². The molecule has 0 unspecified atom stereocenters. The highest BCUT2D eigenvalue weighted by molar-refractivity contribution is 5.76. The van der Waals surface area contributed by atoms with E-state index in [-0.39, 0.29) is 5.91 Å². The molecule has 0 radical (unpaired) electrons. The highest BCUT2D eigenvalue weighted by Gasteiger charge is 2.27. The Hall–Kier alpha value is -1.35. The fourth-order valence-electron chi connectivity index (χ4n) is 2.51. The number of carbonyl (C=O) groups excluding carboxylic acids is 1. The molecule has 2 N–H and O–H groups in total. The summed E-state index contributed by atoms with van der Waals surface area (Å²) >= 11 is 0. The zero-order valence-corrected chi connectivity index (χ0v) is 11.0. The molecule has 3 heteroatoms. The molecule has 1 fully saturated rings. The molecular weight excluding hydrogens is 224 g/mol. The largest absolute Gasteiger partial charge is 0.345 e. The lowest BCUT2D eigenvalue weighted by Gasteiger charge is -2.35. The molecule has 0 heterocycles. The molecule has 0 saturated heterocycles. The van der Waals surface area contributed by atoms with Crippen LogP contribution >= 0.6 is 0 Å². The molecule has 1 amide bonds. The Morgan fingerprint density at radius 3 is 2.61 bits per heavy atom. The van der Waals surface area contributed by atoms with Gasteiger partial charge in [0.1, 0.15) is 0 Å². The summed E-state index contributed by atoms with van der Waals surface area (Å²) in [5.74, 6) is 0.852. The minimum Gasteiger partial charge on any atom is -0.345 e. The summed E-state index contributed by atoms with van der Waals surface area (Å²) in [6.45, 7) is 0.862. The first-order chi connectivity index (χ1) is 8.65. The Morgan fingerprint density at radius 1 is 1.33 bits per heavy atom. The Balaban J connectivity index is 1.71. The molecule has 1 aromatic carbocycles. The van der Waals surface area contributed by atoms with Gasteiger partial charge in [-0.05, 0) is 30.7 Å². The van der Waals surface area contributed by atoms with Crippen molar-refractivity contribution >= 4 is 5.91 Å². The monoisotopic (exact) mass is 246 g/mol. The van der Waals surface area contributed by atoms with Crippen LogP contribution in [0.15, 0.2) is 30.3 Å². The number of carbonyl (C=O) groups is 1. The number of nitrogens with two attached hydrogens (primary N) is 1. The average molecular weight is 246 g/mol. The maximum absolute atomic E-state index is 12.0. The summed E-state index contributed by atoms with van der Waals surface area (Å²) in [4.78, 5) is 13.8. The van der Waals surface area contributed by atoms with Gasteiger partial charge in [-0.25, -0.2) is 0 Å². The lowest BCUT2D eigenvalue weighted by molar-refractivity contribution is -0.130. The van der Waals surface area contributed by atoms with Gasteiger partial charge in [0.25, 0.3) is 0 Å². The van der Waals surface area contributed by atoms with Crippen LogP contribution in [0.5, 0.6) is 0 Å². The van der Waals surface area contributed by atoms with Crippen LogP contribution in [0.2, 0.25) is 0 Å². The van der Waals surface area contributed by atoms with Crippen molar-refractivity contribution in [2.24, 2.45) is 11.7 Å². The maximum atomic E-state index is 12.0. The van der Waals surface area contributed by atoms with E-state index >= 15 is 0 Å². The van der Waals surface area contributed by atoms with Crippen LogP contribution in [0.4, 0.5) is 0 Å². The van der Waals surface area contributed by atoms with Gasteiger partial charge in [-0.3, -0.25) is 4.79 Å². The highest BCUT2D eigenvalue weighted by Crippen LogP contribution is 2.26. The van der Waals surface area contributed by atoms with E-state index in [4.69, 9.17) is 5.73 Å². The fraction of sp³-hybridized carbons (Fsp3) is 0.533. The lowest BCUT2D eigenvalue weighted by atomic mass is 9.80. The van der Waals surface area contributed by atoms with Crippen LogP contribution < -0.4 is 5.73 Å². The first-order valence-corrected chi connectivity index (χ1v) is 6.68. The van der Waals surface area contributed by atoms with Crippen LogP contribution in [0, 0.1) is 5.92 Å². The molecule has 3 nitrogen and oxygen atoms in total. The average Bonchev–Trinajstić information content (AvgIpc) is 2.35. The van der Waals surface area contributed by atoms with Crippen molar-refractivity contribution in [1.29, 1.82) is 0 Å².